The monoisotopic (exact) mass is 392 g/mol. The van der Waals surface area contributed by atoms with Crippen LogP contribution in [0.4, 0.5) is 0 Å². The van der Waals surface area contributed by atoms with E-state index in [2.05, 4.69) is 56.3 Å². The van der Waals surface area contributed by atoms with Crippen molar-refractivity contribution in [2.24, 2.45) is 0 Å². The molecule has 0 atom stereocenters. The van der Waals surface area contributed by atoms with Crippen molar-refractivity contribution in [3.05, 3.63) is 65.0 Å². The fourth-order valence-corrected chi connectivity index (χ4v) is 1.35. The lowest BCUT2D eigenvalue weighted by Crippen LogP contribution is -1.85. The number of benzene rings is 1. The van der Waals surface area contributed by atoms with Gasteiger partial charge in [-0.1, -0.05) is 31.9 Å². The first-order valence-corrected chi connectivity index (χ1v) is 6.82. The van der Waals surface area contributed by atoms with Gasteiger partial charge in [0.15, 0.2) is 0 Å². The molecule has 0 heterocycles. The maximum atomic E-state index is 7.62. The van der Waals surface area contributed by atoms with Crippen LogP contribution in [0, 0.1) is 0 Å². The highest BCUT2D eigenvalue weighted by atomic mass is 79.9. The molecule has 0 radical (unpaired) electrons. The molecule has 3 nitrogen and oxygen atoms in total. The molecule has 0 saturated carbocycles. The molecular weight excluding hydrogens is 376 g/mol. The SMILES string of the molecule is C=COC=C.C=Cc1ccc(Br)c(Br)c1.OCCO. The number of ether oxygens (including phenoxy) is 1. The van der Waals surface area contributed by atoms with Crippen LogP contribution < -0.4 is 0 Å². The third kappa shape index (κ3) is 13.4. The molecule has 0 aliphatic rings. The predicted octanol–water partition coefficient (Wildman–Crippen LogP) is 4.12. The predicted molar refractivity (Wildman–Crippen MR) is 87.6 cm³/mol. The zero-order valence-corrected chi connectivity index (χ0v) is 13.7. The number of aliphatic hydroxyl groups is 2. The average Bonchev–Trinajstić information content (AvgIpc) is 2.44. The number of halogens is 2. The molecule has 0 aromatic heterocycles. The Morgan fingerprint density at radius 2 is 1.53 bits per heavy atom. The topological polar surface area (TPSA) is 49.7 Å². The lowest BCUT2D eigenvalue weighted by Gasteiger charge is -1.96. The number of rotatable bonds is 4. The zero-order valence-electron chi connectivity index (χ0n) is 10.6. The Morgan fingerprint density at radius 3 is 1.79 bits per heavy atom. The van der Waals surface area contributed by atoms with Gasteiger partial charge >= 0.3 is 0 Å². The first-order valence-electron chi connectivity index (χ1n) is 5.23. The van der Waals surface area contributed by atoms with Crippen LogP contribution in [0.5, 0.6) is 0 Å². The van der Waals surface area contributed by atoms with Crippen LogP contribution in [0.1, 0.15) is 5.56 Å². The average molecular weight is 394 g/mol. The van der Waals surface area contributed by atoms with Crippen molar-refractivity contribution in [2.75, 3.05) is 13.2 Å². The Balaban J connectivity index is 0. The van der Waals surface area contributed by atoms with E-state index in [9.17, 15) is 0 Å². The van der Waals surface area contributed by atoms with Crippen molar-refractivity contribution in [3.8, 4) is 0 Å². The van der Waals surface area contributed by atoms with Crippen molar-refractivity contribution >= 4 is 37.9 Å². The Bertz CT molecular complexity index is 371. The van der Waals surface area contributed by atoms with Crippen molar-refractivity contribution in [3.63, 3.8) is 0 Å². The van der Waals surface area contributed by atoms with Gasteiger partial charge in [-0.25, -0.2) is 0 Å². The Kier molecular flexibility index (Phi) is 16.3. The van der Waals surface area contributed by atoms with Crippen LogP contribution >= 0.6 is 31.9 Å². The molecule has 2 N–H and O–H groups in total. The summed E-state index contributed by atoms with van der Waals surface area (Å²) in [6.07, 6.45) is 4.44. The minimum Gasteiger partial charge on any atom is -0.474 e. The second-order valence-corrected chi connectivity index (χ2v) is 4.50. The smallest absolute Gasteiger partial charge is 0.0829 e. The van der Waals surface area contributed by atoms with Crippen LogP contribution in [0.3, 0.4) is 0 Å². The number of aliphatic hydroxyl groups excluding tert-OH is 2. The molecule has 1 aromatic carbocycles. The van der Waals surface area contributed by atoms with Gasteiger partial charge < -0.3 is 14.9 Å². The maximum Gasteiger partial charge on any atom is 0.0829 e. The van der Waals surface area contributed by atoms with E-state index in [0.717, 1.165) is 14.5 Å². The van der Waals surface area contributed by atoms with Gasteiger partial charge in [0, 0.05) is 8.95 Å². The first-order chi connectivity index (χ1) is 9.06. The largest absolute Gasteiger partial charge is 0.474 e. The van der Waals surface area contributed by atoms with E-state index in [4.69, 9.17) is 10.2 Å². The summed E-state index contributed by atoms with van der Waals surface area (Å²) in [5.74, 6) is 0. The quantitative estimate of drug-likeness (QED) is 0.756. The van der Waals surface area contributed by atoms with Gasteiger partial charge in [0.1, 0.15) is 0 Å². The maximum absolute atomic E-state index is 7.62. The van der Waals surface area contributed by atoms with E-state index in [1.165, 1.54) is 12.5 Å². The second-order valence-electron chi connectivity index (χ2n) is 2.79. The minimum absolute atomic E-state index is 0.125. The molecule has 106 valence electrons. The van der Waals surface area contributed by atoms with Crippen LogP contribution in [0.15, 0.2) is 59.4 Å². The molecule has 0 fully saturated rings. The summed E-state index contributed by atoms with van der Waals surface area (Å²) >= 11 is 6.77. The number of hydrogen-bond donors (Lipinski definition) is 2. The number of hydrogen-bond acceptors (Lipinski definition) is 3. The second kappa shape index (κ2) is 15.2. The third-order valence-electron chi connectivity index (χ3n) is 1.47. The summed E-state index contributed by atoms with van der Waals surface area (Å²) in [7, 11) is 0. The molecule has 0 unspecified atom stereocenters. The molecule has 0 saturated heterocycles. The third-order valence-corrected chi connectivity index (χ3v) is 3.35. The molecule has 19 heavy (non-hydrogen) atoms. The lowest BCUT2D eigenvalue weighted by atomic mass is 10.2. The molecule has 0 aliphatic heterocycles. The molecule has 0 bridgehead atoms. The standard InChI is InChI=1S/C8H6Br2.C4H6O.C2H6O2/c1-2-6-3-4-7(9)8(10)5-6;1-3-5-4-2;3-1-2-4/h2-5H,1H2;3-4H,1-2H2;3-4H,1-2H2. The van der Waals surface area contributed by atoms with E-state index < -0.39 is 0 Å². The summed E-state index contributed by atoms with van der Waals surface area (Å²) in [6, 6.07) is 6.00. The van der Waals surface area contributed by atoms with Gasteiger partial charge in [0.05, 0.1) is 25.7 Å². The molecule has 5 heteroatoms. The molecule has 1 rings (SSSR count). The van der Waals surface area contributed by atoms with Crippen molar-refractivity contribution in [1.82, 2.24) is 0 Å². The van der Waals surface area contributed by atoms with E-state index in [-0.39, 0.29) is 13.2 Å². The van der Waals surface area contributed by atoms with Crippen molar-refractivity contribution < 1.29 is 14.9 Å². The van der Waals surface area contributed by atoms with Crippen LogP contribution in [0.25, 0.3) is 6.08 Å². The van der Waals surface area contributed by atoms with Gasteiger partial charge in [0.2, 0.25) is 0 Å². The molecule has 0 aliphatic carbocycles. The summed E-state index contributed by atoms with van der Waals surface area (Å²) < 4.78 is 6.49. The highest BCUT2D eigenvalue weighted by Gasteiger charge is 1.93. The van der Waals surface area contributed by atoms with E-state index >= 15 is 0 Å². The fraction of sp³-hybridized carbons (Fsp3) is 0.143. The normalized spacial score (nSPS) is 8.00. The first kappa shape index (κ1) is 20.4. The summed E-state index contributed by atoms with van der Waals surface area (Å²) in [5.41, 5.74) is 1.12. The summed E-state index contributed by atoms with van der Waals surface area (Å²) in [4.78, 5) is 0. The van der Waals surface area contributed by atoms with Gasteiger partial charge in [-0.15, -0.1) is 0 Å². The van der Waals surface area contributed by atoms with Crippen LogP contribution in [-0.2, 0) is 4.74 Å². The van der Waals surface area contributed by atoms with Gasteiger partial charge in [-0.3, -0.25) is 0 Å². The van der Waals surface area contributed by atoms with Crippen molar-refractivity contribution in [2.45, 2.75) is 0 Å². The van der Waals surface area contributed by atoms with Crippen LogP contribution in [-0.4, -0.2) is 23.4 Å². The fourth-order valence-electron chi connectivity index (χ4n) is 0.707. The Labute approximate surface area is 131 Å². The minimum atomic E-state index is -0.125. The van der Waals surface area contributed by atoms with Crippen LogP contribution in [0.2, 0.25) is 0 Å². The van der Waals surface area contributed by atoms with Crippen molar-refractivity contribution in [1.29, 1.82) is 0 Å². The van der Waals surface area contributed by atoms with Gasteiger partial charge in [0.25, 0.3) is 0 Å². The summed E-state index contributed by atoms with van der Waals surface area (Å²) in [5, 5.41) is 15.2. The van der Waals surface area contributed by atoms with E-state index in [1.54, 1.807) is 0 Å². The molecule has 0 spiro atoms. The van der Waals surface area contributed by atoms with E-state index in [0.29, 0.717) is 0 Å². The Morgan fingerprint density at radius 1 is 1.00 bits per heavy atom. The summed E-state index contributed by atoms with van der Waals surface area (Å²) in [6.45, 7) is 9.93. The van der Waals surface area contributed by atoms with E-state index in [1.807, 2.05) is 24.3 Å². The molecule has 1 aromatic rings. The zero-order chi connectivity index (χ0) is 15.1. The highest BCUT2D eigenvalue weighted by Crippen LogP contribution is 2.23. The van der Waals surface area contributed by atoms with Gasteiger partial charge in [-0.2, -0.15) is 0 Å². The van der Waals surface area contributed by atoms with Gasteiger partial charge in [-0.05, 0) is 49.6 Å². The highest BCUT2D eigenvalue weighted by molar-refractivity contribution is 9.13. The molecular formula is C14H18Br2O3. The Hall–Kier alpha value is -0.880. The molecule has 0 amide bonds. The lowest BCUT2D eigenvalue weighted by molar-refractivity contribution is 0.186.